The van der Waals surface area contributed by atoms with Crippen molar-refractivity contribution in [3.8, 4) is 0 Å². The molecule has 0 bridgehead atoms. The van der Waals surface area contributed by atoms with E-state index >= 15 is 0 Å². The van der Waals surface area contributed by atoms with Gasteiger partial charge in [0.15, 0.2) is 0 Å². The number of carbonyl (C=O) groups is 1. The minimum atomic E-state index is 0.172. The van der Waals surface area contributed by atoms with Crippen molar-refractivity contribution in [3.63, 3.8) is 0 Å². The summed E-state index contributed by atoms with van der Waals surface area (Å²) in [5.41, 5.74) is 3.00. The second-order valence-corrected chi connectivity index (χ2v) is 8.17. The van der Waals surface area contributed by atoms with Crippen molar-refractivity contribution in [2.75, 3.05) is 51.0 Å². The highest BCUT2D eigenvalue weighted by Crippen LogP contribution is 2.42. The molecule has 1 aromatic rings. The number of hydrogen-bond donors (Lipinski definition) is 0. The van der Waals surface area contributed by atoms with E-state index in [0.29, 0.717) is 0 Å². The molecule has 0 N–H and O–H groups in total. The van der Waals surface area contributed by atoms with Crippen LogP contribution in [-0.4, -0.2) is 61.8 Å². The molecule has 0 unspecified atom stereocenters. The average molecular weight is 350 g/mol. The maximum atomic E-state index is 12.2. The van der Waals surface area contributed by atoms with Crippen LogP contribution in [0.5, 0.6) is 0 Å². The van der Waals surface area contributed by atoms with E-state index in [4.69, 9.17) is 4.74 Å². The highest BCUT2D eigenvalue weighted by molar-refractivity contribution is 7.16. The molecule has 1 fully saturated rings. The average Bonchev–Trinajstić information content (AvgIpc) is 2.98. The van der Waals surface area contributed by atoms with E-state index in [1.807, 2.05) is 16.2 Å². The van der Waals surface area contributed by atoms with Crippen LogP contribution >= 0.6 is 11.3 Å². The van der Waals surface area contributed by atoms with E-state index in [1.54, 1.807) is 12.5 Å². The quantitative estimate of drug-likeness (QED) is 0.837. The third-order valence-electron chi connectivity index (χ3n) is 5.44. The molecular formula is C18H27N3O2S. The fourth-order valence-corrected chi connectivity index (χ4v) is 5.47. The Labute approximate surface area is 148 Å². The number of ether oxygens (including phenoxy) is 1. The van der Waals surface area contributed by atoms with E-state index in [-0.39, 0.29) is 5.91 Å². The summed E-state index contributed by atoms with van der Waals surface area (Å²) in [6.07, 6.45) is 4.99. The maximum absolute atomic E-state index is 12.2. The number of fused-ring (bicyclic) bond motifs is 3. The first kappa shape index (κ1) is 16.5. The van der Waals surface area contributed by atoms with Crippen LogP contribution in [-0.2, 0) is 28.9 Å². The summed E-state index contributed by atoms with van der Waals surface area (Å²) in [4.78, 5) is 20.7. The lowest BCUT2D eigenvalue weighted by Crippen LogP contribution is -2.48. The number of anilines is 1. The van der Waals surface area contributed by atoms with E-state index in [2.05, 4.69) is 9.80 Å². The van der Waals surface area contributed by atoms with Gasteiger partial charge in [0.25, 0.3) is 0 Å². The van der Waals surface area contributed by atoms with E-state index in [0.717, 1.165) is 52.6 Å². The molecular weight excluding hydrogens is 322 g/mol. The first-order valence-electron chi connectivity index (χ1n) is 9.16. The van der Waals surface area contributed by atoms with Crippen LogP contribution in [0.4, 0.5) is 5.00 Å². The number of morpholine rings is 1. The highest BCUT2D eigenvalue weighted by atomic mass is 32.1. The summed E-state index contributed by atoms with van der Waals surface area (Å²) in [5.74, 6) is 0.172. The Morgan fingerprint density at radius 1 is 1.08 bits per heavy atom. The number of amides is 1. The van der Waals surface area contributed by atoms with Gasteiger partial charge in [-0.1, -0.05) is 0 Å². The minimum Gasteiger partial charge on any atom is -0.379 e. The Morgan fingerprint density at radius 2 is 1.83 bits per heavy atom. The lowest BCUT2D eigenvalue weighted by atomic mass is 9.94. The molecule has 3 heterocycles. The molecule has 0 saturated carbocycles. The largest absolute Gasteiger partial charge is 0.379 e. The van der Waals surface area contributed by atoms with Gasteiger partial charge in [-0.05, 0) is 31.2 Å². The lowest BCUT2D eigenvalue weighted by Gasteiger charge is -2.37. The monoisotopic (exact) mass is 349 g/mol. The Morgan fingerprint density at radius 3 is 2.62 bits per heavy atom. The topological polar surface area (TPSA) is 36.0 Å². The number of aryl methyl sites for hydroxylation is 1. The maximum Gasteiger partial charge on any atom is 0.225 e. The standard InChI is InChI=1S/C18H27N3O2S/c1-14(22)21-13-20(7-6-19-8-10-23-11-9-19)12-16-15-4-2-3-5-17(15)24-18(16)21/h2-13H2,1H3. The zero-order valence-corrected chi connectivity index (χ0v) is 15.4. The van der Waals surface area contributed by atoms with Crippen LogP contribution in [0.15, 0.2) is 0 Å². The van der Waals surface area contributed by atoms with Crippen LogP contribution in [0.2, 0.25) is 0 Å². The summed E-state index contributed by atoms with van der Waals surface area (Å²) in [6, 6.07) is 0. The van der Waals surface area contributed by atoms with Crippen molar-refractivity contribution in [1.82, 2.24) is 9.80 Å². The Kier molecular flexibility index (Phi) is 4.90. The van der Waals surface area contributed by atoms with Crippen LogP contribution in [0, 0.1) is 0 Å². The van der Waals surface area contributed by atoms with Crippen molar-refractivity contribution >= 4 is 22.2 Å². The fraction of sp³-hybridized carbons (Fsp3) is 0.722. The molecule has 24 heavy (non-hydrogen) atoms. The molecule has 6 heteroatoms. The Balaban J connectivity index is 1.50. The third-order valence-corrected chi connectivity index (χ3v) is 6.80. The molecule has 1 saturated heterocycles. The first-order chi connectivity index (χ1) is 11.7. The Hall–Kier alpha value is -0.950. The SMILES string of the molecule is CC(=O)N1CN(CCN2CCOCC2)Cc2c1sc1c2CCCC1. The van der Waals surface area contributed by atoms with Gasteiger partial charge >= 0.3 is 0 Å². The van der Waals surface area contributed by atoms with Gasteiger partial charge < -0.3 is 4.74 Å². The van der Waals surface area contributed by atoms with Crippen molar-refractivity contribution in [2.45, 2.75) is 39.2 Å². The fourth-order valence-electron chi connectivity index (χ4n) is 4.04. The van der Waals surface area contributed by atoms with Crippen molar-refractivity contribution < 1.29 is 9.53 Å². The van der Waals surface area contributed by atoms with E-state index < -0.39 is 0 Å². The number of rotatable bonds is 3. The molecule has 0 radical (unpaired) electrons. The third kappa shape index (κ3) is 3.25. The van der Waals surface area contributed by atoms with Crippen LogP contribution in [0.1, 0.15) is 35.8 Å². The molecule has 0 atom stereocenters. The number of thiophene rings is 1. The summed E-state index contributed by atoms with van der Waals surface area (Å²) < 4.78 is 5.43. The molecule has 1 aliphatic carbocycles. The summed E-state index contributed by atoms with van der Waals surface area (Å²) in [5, 5.41) is 1.23. The summed E-state index contributed by atoms with van der Waals surface area (Å²) >= 11 is 1.87. The molecule has 5 nitrogen and oxygen atoms in total. The second kappa shape index (κ2) is 7.12. The smallest absolute Gasteiger partial charge is 0.225 e. The molecule has 1 amide bonds. The van der Waals surface area contributed by atoms with Gasteiger partial charge in [-0.3, -0.25) is 19.5 Å². The number of carbonyl (C=O) groups excluding carboxylic acids is 1. The van der Waals surface area contributed by atoms with Crippen molar-refractivity contribution in [1.29, 1.82) is 0 Å². The molecule has 3 aliphatic rings. The highest BCUT2D eigenvalue weighted by Gasteiger charge is 2.31. The van der Waals surface area contributed by atoms with Crippen molar-refractivity contribution in [3.05, 3.63) is 16.0 Å². The predicted molar refractivity (Wildman–Crippen MR) is 96.7 cm³/mol. The van der Waals surface area contributed by atoms with Gasteiger partial charge in [-0.15, -0.1) is 11.3 Å². The second-order valence-electron chi connectivity index (χ2n) is 7.09. The van der Waals surface area contributed by atoms with Crippen LogP contribution < -0.4 is 4.90 Å². The molecule has 0 aromatic carbocycles. The lowest BCUT2D eigenvalue weighted by molar-refractivity contribution is -0.117. The Bertz CT molecular complexity index is 610. The van der Waals surface area contributed by atoms with Gasteiger partial charge in [0.2, 0.25) is 5.91 Å². The molecule has 1 aromatic heterocycles. The van der Waals surface area contributed by atoms with E-state index in [1.165, 1.54) is 41.1 Å². The van der Waals surface area contributed by atoms with Gasteiger partial charge in [-0.2, -0.15) is 0 Å². The molecule has 132 valence electrons. The van der Waals surface area contributed by atoms with Crippen LogP contribution in [0.25, 0.3) is 0 Å². The van der Waals surface area contributed by atoms with Crippen molar-refractivity contribution in [2.24, 2.45) is 0 Å². The summed E-state index contributed by atoms with van der Waals surface area (Å²) in [6.45, 7) is 9.30. The zero-order valence-electron chi connectivity index (χ0n) is 14.6. The molecule has 0 spiro atoms. The number of nitrogens with zero attached hydrogens (tertiary/aromatic N) is 3. The normalized spacial score (nSPS) is 22.3. The zero-order chi connectivity index (χ0) is 16.5. The van der Waals surface area contributed by atoms with E-state index in [9.17, 15) is 4.79 Å². The van der Waals surface area contributed by atoms with Crippen LogP contribution in [0.3, 0.4) is 0 Å². The summed E-state index contributed by atoms with van der Waals surface area (Å²) in [7, 11) is 0. The molecule has 4 rings (SSSR count). The number of hydrogen-bond acceptors (Lipinski definition) is 5. The van der Waals surface area contributed by atoms with Gasteiger partial charge in [-0.25, -0.2) is 0 Å². The molecule has 2 aliphatic heterocycles. The minimum absolute atomic E-state index is 0.172. The first-order valence-corrected chi connectivity index (χ1v) is 9.98. The van der Waals surface area contributed by atoms with Gasteiger partial charge in [0.1, 0.15) is 5.00 Å². The van der Waals surface area contributed by atoms with Gasteiger partial charge in [0, 0.05) is 50.1 Å². The predicted octanol–water partition coefficient (Wildman–Crippen LogP) is 2.09. The van der Waals surface area contributed by atoms with Gasteiger partial charge in [0.05, 0.1) is 19.9 Å².